The van der Waals surface area contributed by atoms with Gasteiger partial charge in [0.2, 0.25) is 12.4 Å². The monoisotopic (exact) mass is 558 g/mol. The first-order valence-corrected chi connectivity index (χ1v) is 10.4. The van der Waals surface area contributed by atoms with E-state index in [1.165, 1.54) is 13.0 Å². The van der Waals surface area contributed by atoms with E-state index in [-0.39, 0.29) is 16.3 Å². The predicted molar refractivity (Wildman–Crippen MR) is 112 cm³/mol. The van der Waals surface area contributed by atoms with E-state index in [1.54, 1.807) is 6.92 Å². The molecular formula is C19H18ClF3N2O12. The Morgan fingerprint density at radius 3 is 2.19 bits per heavy atom. The number of esters is 1. The minimum absolute atomic E-state index is 0.107. The molecule has 2 rings (SSSR count). The second-order valence-electron chi connectivity index (χ2n) is 7.30. The zero-order valence-corrected chi connectivity index (χ0v) is 19.9. The molecule has 0 saturated heterocycles. The molecule has 0 aromatic heterocycles. The summed E-state index contributed by atoms with van der Waals surface area (Å²) in [5.41, 5.74) is -0.0707. The third-order valence-electron chi connectivity index (χ3n) is 4.58. The Labute approximate surface area is 209 Å². The number of alkyl halides is 3. The lowest BCUT2D eigenvalue weighted by Gasteiger charge is -2.29. The molecule has 0 amide bonds. The highest BCUT2D eigenvalue weighted by Crippen LogP contribution is 2.41. The fourth-order valence-electron chi connectivity index (χ4n) is 2.99. The molecule has 0 spiro atoms. The van der Waals surface area contributed by atoms with Crippen molar-refractivity contribution < 1.29 is 61.6 Å². The van der Waals surface area contributed by atoms with E-state index in [0.717, 1.165) is 13.0 Å². The number of ether oxygens (including phenoxy) is 4. The van der Waals surface area contributed by atoms with Gasteiger partial charge in [0.1, 0.15) is 19.0 Å². The second kappa shape index (κ2) is 11.8. The number of carbonyl (C=O) groups excluding carboxylic acids is 2. The molecule has 2 atom stereocenters. The summed E-state index contributed by atoms with van der Waals surface area (Å²) in [5, 5.41) is 18.3. The van der Waals surface area contributed by atoms with Crippen molar-refractivity contribution in [2.45, 2.75) is 45.4 Å². The van der Waals surface area contributed by atoms with Gasteiger partial charge in [0, 0.05) is 17.5 Å². The first kappa shape index (κ1) is 29.2. The molecule has 0 bridgehead atoms. The molecule has 1 aliphatic rings. The van der Waals surface area contributed by atoms with E-state index in [0.29, 0.717) is 11.1 Å². The minimum Gasteiger partial charge on any atom is -0.475 e. The van der Waals surface area contributed by atoms with Gasteiger partial charge in [-0.15, -0.1) is 20.2 Å². The first-order chi connectivity index (χ1) is 17.1. The first-order valence-electron chi connectivity index (χ1n) is 9.97. The molecule has 0 aliphatic carbocycles. The van der Waals surface area contributed by atoms with Gasteiger partial charge in [0.15, 0.2) is 6.10 Å². The third kappa shape index (κ3) is 7.99. The fraction of sp³-hybridized carbons (Fsp3) is 0.474. The van der Waals surface area contributed by atoms with Gasteiger partial charge < -0.3 is 28.6 Å². The van der Waals surface area contributed by atoms with Crippen molar-refractivity contribution >= 4 is 29.8 Å². The molecule has 0 saturated carbocycles. The van der Waals surface area contributed by atoms with Crippen LogP contribution in [0.2, 0.25) is 5.02 Å². The van der Waals surface area contributed by atoms with Gasteiger partial charge in [-0.3, -0.25) is 0 Å². The summed E-state index contributed by atoms with van der Waals surface area (Å²) in [6.45, 7) is 2.05. The maximum Gasteiger partial charge on any atom is 0.511 e. The number of fused-ring (bicyclic) bond motifs is 1. The summed E-state index contributed by atoms with van der Waals surface area (Å²) in [6, 6.07) is 1.28. The topological polar surface area (TPSA) is 176 Å². The highest BCUT2D eigenvalue weighted by Gasteiger charge is 2.49. The van der Waals surface area contributed by atoms with Gasteiger partial charge in [-0.05, 0) is 37.1 Å². The number of rotatable bonds is 10. The zero-order valence-electron chi connectivity index (χ0n) is 19.1. The summed E-state index contributed by atoms with van der Waals surface area (Å²) in [7, 11) is 0. The summed E-state index contributed by atoms with van der Waals surface area (Å²) in [4.78, 5) is 52.9. The lowest BCUT2D eigenvalue weighted by molar-refractivity contribution is -0.768. The Balaban J connectivity index is 2.15. The standard InChI is InChI=1S/C19H18ClF3N2O12/c1-8-4-14-12(9(2)15(8)20)5-13(16(37-14)19(21,22)23)17(26)34-10(3)35-18(27)36-11(6-32-24(28)29)7-33-25(30)31/h4-5,10-11,16H,6-7H2,1-3H3. The van der Waals surface area contributed by atoms with Crippen molar-refractivity contribution in [3.8, 4) is 5.75 Å². The number of nitrogens with zero attached hydrogens (tertiary/aromatic N) is 2. The predicted octanol–water partition coefficient (Wildman–Crippen LogP) is 3.49. The van der Waals surface area contributed by atoms with E-state index < -0.39 is 65.8 Å². The number of hydrogen-bond donors (Lipinski definition) is 0. The van der Waals surface area contributed by atoms with Gasteiger partial charge in [-0.25, -0.2) is 9.59 Å². The molecule has 0 N–H and O–H groups in total. The number of halogens is 4. The Hall–Kier alpha value is -4.02. The lowest BCUT2D eigenvalue weighted by Crippen LogP contribution is -2.41. The molecule has 14 nitrogen and oxygen atoms in total. The molecule has 0 fully saturated rings. The van der Waals surface area contributed by atoms with Crippen LogP contribution in [0.4, 0.5) is 18.0 Å². The zero-order chi connectivity index (χ0) is 28.1. The van der Waals surface area contributed by atoms with Gasteiger partial charge in [0.25, 0.3) is 10.2 Å². The van der Waals surface area contributed by atoms with Crippen molar-refractivity contribution in [3.63, 3.8) is 0 Å². The lowest BCUT2D eigenvalue weighted by atomic mass is 9.96. The van der Waals surface area contributed by atoms with E-state index in [2.05, 4.69) is 19.1 Å². The van der Waals surface area contributed by atoms with Crippen LogP contribution in [0.1, 0.15) is 23.6 Å². The Morgan fingerprint density at radius 2 is 1.68 bits per heavy atom. The van der Waals surface area contributed by atoms with Crippen LogP contribution in [0.3, 0.4) is 0 Å². The van der Waals surface area contributed by atoms with Gasteiger partial charge >= 0.3 is 18.3 Å². The summed E-state index contributed by atoms with van der Waals surface area (Å²) < 4.78 is 59.9. The van der Waals surface area contributed by atoms with Crippen molar-refractivity contribution in [1.29, 1.82) is 0 Å². The van der Waals surface area contributed by atoms with E-state index in [4.69, 9.17) is 21.1 Å². The SMILES string of the molecule is Cc1cc2c(c(C)c1Cl)C=C(C(=O)OC(C)OC(=O)OC(CO[N+](=O)[O-])CO[N+](=O)[O-])C(C(F)(F)F)O2. The molecule has 1 aromatic rings. The maximum atomic E-state index is 13.7. The molecule has 37 heavy (non-hydrogen) atoms. The second-order valence-corrected chi connectivity index (χ2v) is 7.68. The van der Waals surface area contributed by atoms with Crippen molar-refractivity contribution in [1.82, 2.24) is 0 Å². The minimum atomic E-state index is -5.03. The summed E-state index contributed by atoms with van der Waals surface area (Å²) in [5.74, 6) is -1.72. The highest BCUT2D eigenvalue weighted by atomic mass is 35.5. The smallest absolute Gasteiger partial charge is 0.475 e. The maximum absolute atomic E-state index is 13.7. The van der Waals surface area contributed by atoms with E-state index in [1.807, 2.05) is 0 Å². The quantitative estimate of drug-likeness (QED) is 0.177. The summed E-state index contributed by atoms with van der Waals surface area (Å²) in [6.07, 6.45) is -12.1. The molecule has 2 unspecified atom stereocenters. The van der Waals surface area contributed by atoms with Crippen LogP contribution in [0.25, 0.3) is 6.08 Å². The van der Waals surface area contributed by atoms with Crippen molar-refractivity contribution in [2.75, 3.05) is 13.2 Å². The van der Waals surface area contributed by atoms with Crippen LogP contribution >= 0.6 is 11.6 Å². The van der Waals surface area contributed by atoms with Crippen molar-refractivity contribution in [3.05, 3.63) is 53.6 Å². The van der Waals surface area contributed by atoms with Crippen LogP contribution in [0, 0.1) is 34.1 Å². The molecule has 1 aliphatic heterocycles. The molecule has 18 heteroatoms. The van der Waals surface area contributed by atoms with Crippen LogP contribution in [-0.4, -0.2) is 60.2 Å². The average molecular weight is 559 g/mol. The molecule has 1 heterocycles. The number of benzene rings is 1. The van der Waals surface area contributed by atoms with Gasteiger partial charge in [-0.2, -0.15) is 13.2 Å². The van der Waals surface area contributed by atoms with Gasteiger partial charge in [0.05, 0.1) is 5.57 Å². The number of carbonyl (C=O) groups is 2. The van der Waals surface area contributed by atoms with Crippen LogP contribution < -0.4 is 4.74 Å². The molecule has 204 valence electrons. The Bertz CT molecular complexity index is 1090. The van der Waals surface area contributed by atoms with E-state index >= 15 is 0 Å². The number of aryl methyl sites for hydroxylation is 1. The van der Waals surface area contributed by atoms with Crippen LogP contribution in [0.5, 0.6) is 5.75 Å². The molecule has 1 aromatic carbocycles. The third-order valence-corrected chi connectivity index (χ3v) is 5.16. The largest absolute Gasteiger partial charge is 0.511 e. The highest BCUT2D eigenvalue weighted by molar-refractivity contribution is 6.32. The number of hydrogen-bond acceptors (Lipinski definition) is 12. The van der Waals surface area contributed by atoms with Crippen LogP contribution in [0.15, 0.2) is 11.6 Å². The van der Waals surface area contributed by atoms with Crippen LogP contribution in [-0.2, 0) is 28.7 Å². The van der Waals surface area contributed by atoms with Crippen molar-refractivity contribution in [2.24, 2.45) is 0 Å². The van der Waals surface area contributed by atoms with E-state index in [9.17, 15) is 43.0 Å². The molecular weight excluding hydrogens is 541 g/mol. The Morgan fingerprint density at radius 1 is 1.11 bits per heavy atom. The fourth-order valence-corrected chi connectivity index (χ4v) is 3.15. The summed E-state index contributed by atoms with van der Waals surface area (Å²) >= 11 is 6.14. The molecule has 0 radical (unpaired) electrons. The normalized spacial score (nSPS) is 15.5. The average Bonchev–Trinajstić information content (AvgIpc) is 2.77. The van der Waals surface area contributed by atoms with Gasteiger partial charge in [-0.1, -0.05) is 11.6 Å². The Kier molecular flexibility index (Phi) is 9.32.